The molecule has 0 heterocycles. The first kappa shape index (κ1) is 13.0. The van der Waals surface area contributed by atoms with E-state index in [1.165, 1.54) is 0 Å². The van der Waals surface area contributed by atoms with Crippen LogP contribution >= 0.6 is 0 Å². The molecule has 3 nitrogen and oxygen atoms in total. The number of hydrogen-bond acceptors (Lipinski definition) is 3. The largest absolute Gasteiger partial charge is 0.395 e. The maximum atomic E-state index is 9.08. The van der Waals surface area contributed by atoms with E-state index >= 15 is 0 Å². The zero-order valence-electron chi connectivity index (χ0n) is 10.2. The van der Waals surface area contributed by atoms with E-state index in [1.54, 1.807) is 0 Å². The zero-order chi connectivity index (χ0) is 12.0. The van der Waals surface area contributed by atoms with E-state index in [1.807, 2.05) is 19.1 Å². The highest BCUT2D eigenvalue weighted by atomic mass is 16.3. The van der Waals surface area contributed by atoms with Crippen molar-refractivity contribution in [2.75, 3.05) is 24.6 Å². The molecule has 1 rings (SSSR count). The van der Waals surface area contributed by atoms with Gasteiger partial charge in [-0.05, 0) is 25.0 Å². The SMILES string of the molecule is CCCN(CCO)c1ccccc1[C@@H](C)N. The fourth-order valence-electron chi connectivity index (χ4n) is 1.90. The summed E-state index contributed by atoms with van der Waals surface area (Å²) in [4.78, 5) is 2.19. The number of para-hydroxylation sites is 1. The molecule has 0 aliphatic carbocycles. The van der Waals surface area contributed by atoms with Crippen LogP contribution in [0.15, 0.2) is 24.3 Å². The van der Waals surface area contributed by atoms with Gasteiger partial charge in [-0.1, -0.05) is 25.1 Å². The van der Waals surface area contributed by atoms with Crippen LogP contribution in [0.3, 0.4) is 0 Å². The number of anilines is 1. The summed E-state index contributed by atoms with van der Waals surface area (Å²) in [6, 6.07) is 8.17. The van der Waals surface area contributed by atoms with Crippen LogP contribution in [-0.4, -0.2) is 24.8 Å². The number of nitrogens with zero attached hydrogens (tertiary/aromatic N) is 1. The monoisotopic (exact) mass is 222 g/mol. The van der Waals surface area contributed by atoms with Gasteiger partial charge >= 0.3 is 0 Å². The lowest BCUT2D eigenvalue weighted by Gasteiger charge is -2.27. The van der Waals surface area contributed by atoms with Crippen molar-refractivity contribution < 1.29 is 5.11 Å². The molecule has 0 saturated heterocycles. The molecule has 0 saturated carbocycles. The fourth-order valence-corrected chi connectivity index (χ4v) is 1.90. The molecule has 3 heteroatoms. The van der Waals surface area contributed by atoms with Gasteiger partial charge in [-0.2, -0.15) is 0 Å². The Hall–Kier alpha value is -1.06. The highest BCUT2D eigenvalue weighted by molar-refractivity contribution is 5.54. The predicted molar refractivity (Wildman–Crippen MR) is 68.6 cm³/mol. The molecule has 0 fully saturated rings. The van der Waals surface area contributed by atoms with Gasteiger partial charge in [-0.25, -0.2) is 0 Å². The molecule has 0 unspecified atom stereocenters. The number of aliphatic hydroxyl groups excluding tert-OH is 1. The first-order valence-corrected chi connectivity index (χ1v) is 5.91. The van der Waals surface area contributed by atoms with Crippen LogP contribution in [0.25, 0.3) is 0 Å². The van der Waals surface area contributed by atoms with Crippen molar-refractivity contribution in [2.24, 2.45) is 5.73 Å². The van der Waals surface area contributed by atoms with E-state index in [2.05, 4.69) is 24.0 Å². The second-order valence-corrected chi connectivity index (χ2v) is 4.06. The van der Waals surface area contributed by atoms with Crippen molar-refractivity contribution in [1.29, 1.82) is 0 Å². The van der Waals surface area contributed by atoms with Crippen molar-refractivity contribution in [3.8, 4) is 0 Å². The standard InChI is InChI=1S/C13H22N2O/c1-3-8-15(9-10-16)13-7-5-4-6-12(13)11(2)14/h4-7,11,16H,3,8-10,14H2,1-2H3/t11-/m1/s1. The average molecular weight is 222 g/mol. The minimum absolute atomic E-state index is 0.0225. The van der Waals surface area contributed by atoms with Crippen LogP contribution in [0.5, 0.6) is 0 Å². The Balaban J connectivity index is 2.97. The summed E-state index contributed by atoms with van der Waals surface area (Å²) in [7, 11) is 0. The van der Waals surface area contributed by atoms with E-state index < -0.39 is 0 Å². The second kappa shape index (κ2) is 6.51. The Morgan fingerprint density at radius 3 is 2.56 bits per heavy atom. The Kier molecular flexibility index (Phi) is 5.29. The number of aliphatic hydroxyl groups is 1. The molecule has 0 aliphatic heterocycles. The smallest absolute Gasteiger partial charge is 0.0606 e. The summed E-state index contributed by atoms with van der Waals surface area (Å²) < 4.78 is 0. The number of benzene rings is 1. The lowest BCUT2D eigenvalue weighted by atomic mass is 10.1. The van der Waals surface area contributed by atoms with Crippen molar-refractivity contribution in [3.05, 3.63) is 29.8 Å². The normalized spacial score (nSPS) is 12.5. The van der Waals surface area contributed by atoms with Crippen LogP contribution in [0, 0.1) is 0 Å². The molecule has 90 valence electrons. The van der Waals surface area contributed by atoms with E-state index in [0.29, 0.717) is 6.54 Å². The Morgan fingerprint density at radius 2 is 2.00 bits per heavy atom. The molecule has 1 aromatic rings. The fraction of sp³-hybridized carbons (Fsp3) is 0.538. The lowest BCUT2D eigenvalue weighted by molar-refractivity contribution is 0.301. The molecule has 0 radical (unpaired) electrons. The predicted octanol–water partition coefficient (Wildman–Crippen LogP) is 1.92. The summed E-state index contributed by atoms with van der Waals surface area (Å²) >= 11 is 0. The minimum atomic E-state index is 0.0225. The van der Waals surface area contributed by atoms with Crippen LogP contribution in [0.1, 0.15) is 31.9 Å². The topological polar surface area (TPSA) is 49.5 Å². The molecule has 0 bridgehead atoms. The molecule has 0 aromatic heterocycles. The summed E-state index contributed by atoms with van der Waals surface area (Å²) in [6.45, 7) is 5.91. The number of hydrogen-bond donors (Lipinski definition) is 2. The van der Waals surface area contributed by atoms with Crippen LogP contribution < -0.4 is 10.6 Å². The summed E-state index contributed by atoms with van der Waals surface area (Å²) in [5, 5.41) is 9.08. The molecule has 0 spiro atoms. The summed E-state index contributed by atoms with van der Waals surface area (Å²) in [5.74, 6) is 0. The lowest BCUT2D eigenvalue weighted by Crippen LogP contribution is -2.29. The molecule has 0 aliphatic rings. The van der Waals surface area contributed by atoms with Gasteiger partial charge in [0.25, 0.3) is 0 Å². The maximum Gasteiger partial charge on any atom is 0.0606 e. The second-order valence-electron chi connectivity index (χ2n) is 4.06. The van der Waals surface area contributed by atoms with Gasteiger partial charge in [0.05, 0.1) is 6.61 Å². The first-order chi connectivity index (χ1) is 7.70. The summed E-state index contributed by atoms with van der Waals surface area (Å²) in [5.41, 5.74) is 8.25. The quantitative estimate of drug-likeness (QED) is 0.773. The van der Waals surface area contributed by atoms with Crippen molar-refractivity contribution in [2.45, 2.75) is 26.3 Å². The number of nitrogens with two attached hydrogens (primary N) is 1. The number of rotatable bonds is 6. The third kappa shape index (κ3) is 3.22. The van der Waals surface area contributed by atoms with Crippen LogP contribution in [0.4, 0.5) is 5.69 Å². The van der Waals surface area contributed by atoms with Crippen LogP contribution in [-0.2, 0) is 0 Å². The van der Waals surface area contributed by atoms with E-state index in [4.69, 9.17) is 10.8 Å². The molecule has 16 heavy (non-hydrogen) atoms. The highest BCUT2D eigenvalue weighted by Crippen LogP contribution is 2.24. The zero-order valence-corrected chi connectivity index (χ0v) is 10.2. The van der Waals surface area contributed by atoms with Gasteiger partial charge in [0.1, 0.15) is 0 Å². The van der Waals surface area contributed by atoms with Crippen molar-refractivity contribution in [1.82, 2.24) is 0 Å². The first-order valence-electron chi connectivity index (χ1n) is 5.91. The molecule has 1 aromatic carbocycles. The van der Waals surface area contributed by atoms with Gasteiger partial charge in [-0.3, -0.25) is 0 Å². The van der Waals surface area contributed by atoms with Gasteiger partial charge in [-0.15, -0.1) is 0 Å². The Bertz CT molecular complexity index is 307. The third-order valence-corrected chi connectivity index (χ3v) is 2.63. The maximum absolute atomic E-state index is 9.08. The van der Waals surface area contributed by atoms with E-state index in [0.717, 1.165) is 24.2 Å². The van der Waals surface area contributed by atoms with Crippen LogP contribution in [0.2, 0.25) is 0 Å². The highest BCUT2D eigenvalue weighted by Gasteiger charge is 2.11. The molecule has 1 atom stereocenters. The molecule has 0 amide bonds. The average Bonchev–Trinajstić information content (AvgIpc) is 2.29. The summed E-state index contributed by atoms with van der Waals surface area (Å²) in [6.07, 6.45) is 1.06. The van der Waals surface area contributed by atoms with Crippen molar-refractivity contribution in [3.63, 3.8) is 0 Å². The van der Waals surface area contributed by atoms with Crippen molar-refractivity contribution >= 4 is 5.69 Å². The molecule has 3 N–H and O–H groups in total. The Morgan fingerprint density at radius 1 is 1.31 bits per heavy atom. The Labute approximate surface area is 97.9 Å². The van der Waals surface area contributed by atoms with E-state index in [9.17, 15) is 0 Å². The molecular weight excluding hydrogens is 200 g/mol. The van der Waals surface area contributed by atoms with Gasteiger partial charge < -0.3 is 15.7 Å². The third-order valence-electron chi connectivity index (χ3n) is 2.63. The van der Waals surface area contributed by atoms with E-state index in [-0.39, 0.29) is 12.6 Å². The van der Waals surface area contributed by atoms with Gasteiger partial charge in [0.15, 0.2) is 0 Å². The molecular formula is C13H22N2O. The minimum Gasteiger partial charge on any atom is -0.395 e. The van der Waals surface area contributed by atoms with Gasteiger partial charge in [0, 0.05) is 24.8 Å². The van der Waals surface area contributed by atoms with Gasteiger partial charge in [0.2, 0.25) is 0 Å².